The number of anilines is 1. The summed E-state index contributed by atoms with van der Waals surface area (Å²) in [6.45, 7) is 0. The van der Waals surface area contributed by atoms with Crippen LogP contribution in [-0.2, 0) is 15.3 Å². The van der Waals surface area contributed by atoms with Crippen LogP contribution in [0.25, 0.3) is 0 Å². The van der Waals surface area contributed by atoms with Crippen molar-refractivity contribution in [3.05, 3.63) is 65.2 Å². The summed E-state index contributed by atoms with van der Waals surface area (Å²) in [6.07, 6.45) is 0.239. The number of rotatable bonds is 4. The third-order valence-electron chi connectivity index (χ3n) is 3.47. The number of thioether (sulfide) groups is 1. The van der Waals surface area contributed by atoms with Gasteiger partial charge >= 0.3 is 0 Å². The van der Waals surface area contributed by atoms with E-state index in [1.165, 1.54) is 16.7 Å². The molecule has 0 radical (unpaired) electrons. The van der Waals surface area contributed by atoms with Crippen molar-refractivity contribution in [2.24, 2.45) is 0 Å². The van der Waals surface area contributed by atoms with Crippen LogP contribution in [0.2, 0.25) is 5.02 Å². The third kappa shape index (κ3) is 3.18. The first-order valence-electron chi connectivity index (χ1n) is 6.93. The van der Waals surface area contributed by atoms with Crippen LogP contribution in [0.1, 0.15) is 12.0 Å². The van der Waals surface area contributed by atoms with E-state index in [-0.39, 0.29) is 23.5 Å². The van der Waals surface area contributed by atoms with Crippen molar-refractivity contribution in [1.82, 2.24) is 0 Å². The zero-order valence-corrected chi connectivity index (χ0v) is 13.3. The molecule has 1 atom stereocenters. The molecule has 5 heteroatoms. The summed E-state index contributed by atoms with van der Waals surface area (Å²) in [7, 11) is 0. The Kier molecular flexibility index (Phi) is 4.50. The molecule has 1 unspecified atom stereocenters. The molecule has 0 N–H and O–H groups in total. The van der Waals surface area contributed by atoms with Gasteiger partial charge in [0.15, 0.2) is 0 Å². The number of amides is 2. The molecule has 1 saturated heterocycles. The van der Waals surface area contributed by atoms with Crippen LogP contribution in [0.5, 0.6) is 0 Å². The number of imide groups is 1. The maximum atomic E-state index is 12.5. The Morgan fingerprint density at radius 1 is 1.09 bits per heavy atom. The highest BCUT2D eigenvalue weighted by Gasteiger charge is 2.39. The van der Waals surface area contributed by atoms with Gasteiger partial charge in [-0.3, -0.25) is 9.59 Å². The van der Waals surface area contributed by atoms with E-state index < -0.39 is 0 Å². The molecule has 1 aliphatic rings. The second-order valence-corrected chi connectivity index (χ2v) is 6.66. The van der Waals surface area contributed by atoms with Gasteiger partial charge in [-0.05, 0) is 23.8 Å². The van der Waals surface area contributed by atoms with Gasteiger partial charge in [0, 0.05) is 17.2 Å². The molecule has 112 valence electrons. The number of halogens is 1. The number of benzene rings is 2. The summed E-state index contributed by atoms with van der Waals surface area (Å²) in [5.74, 6) is 0.388. The highest BCUT2D eigenvalue weighted by atomic mass is 35.5. The minimum Gasteiger partial charge on any atom is -0.274 e. The van der Waals surface area contributed by atoms with Gasteiger partial charge in [0.25, 0.3) is 0 Å². The van der Waals surface area contributed by atoms with Crippen LogP contribution in [-0.4, -0.2) is 17.1 Å². The first kappa shape index (κ1) is 15.1. The minimum atomic E-state index is -0.327. The Labute approximate surface area is 138 Å². The highest BCUT2D eigenvalue weighted by molar-refractivity contribution is 7.99. The first-order chi connectivity index (χ1) is 10.6. The van der Waals surface area contributed by atoms with Crippen molar-refractivity contribution in [3.8, 4) is 0 Å². The fraction of sp³-hybridized carbons (Fsp3) is 0.176. The predicted molar refractivity (Wildman–Crippen MR) is 90.1 cm³/mol. The van der Waals surface area contributed by atoms with Crippen LogP contribution in [0.4, 0.5) is 5.69 Å². The van der Waals surface area contributed by atoms with Crippen LogP contribution in [0.15, 0.2) is 54.6 Å². The van der Waals surface area contributed by atoms with E-state index >= 15 is 0 Å². The second kappa shape index (κ2) is 6.55. The van der Waals surface area contributed by atoms with Gasteiger partial charge in [-0.1, -0.05) is 48.0 Å². The van der Waals surface area contributed by atoms with Crippen molar-refractivity contribution in [3.63, 3.8) is 0 Å². The molecule has 3 rings (SSSR count). The lowest BCUT2D eigenvalue weighted by Gasteiger charge is -2.15. The highest BCUT2D eigenvalue weighted by Crippen LogP contribution is 2.32. The van der Waals surface area contributed by atoms with E-state index in [1.807, 2.05) is 30.3 Å². The number of hydrogen-bond donors (Lipinski definition) is 0. The fourth-order valence-corrected chi connectivity index (χ4v) is 3.67. The average Bonchev–Trinajstić information content (AvgIpc) is 2.80. The molecule has 0 saturated carbocycles. The SMILES string of the molecule is O=C1CC(SCc2ccccc2)C(=O)N1c1cccc(Cl)c1. The van der Waals surface area contributed by atoms with E-state index in [1.54, 1.807) is 24.3 Å². The van der Waals surface area contributed by atoms with Crippen molar-refractivity contribution < 1.29 is 9.59 Å². The maximum Gasteiger partial charge on any atom is 0.247 e. The van der Waals surface area contributed by atoms with Gasteiger partial charge in [0.2, 0.25) is 11.8 Å². The number of nitrogens with zero attached hydrogens (tertiary/aromatic N) is 1. The zero-order valence-electron chi connectivity index (χ0n) is 11.7. The molecule has 2 aromatic rings. The van der Waals surface area contributed by atoms with E-state index in [9.17, 15) is 9.59 Å². The summed E-state index contributed by atoms with van der Waals surface area (Å²) in [6, 6.07) is 16.8. The largest absolute Gasteiger partial charge is 0.274 e. The Morgan fingerprint density at radius 3 is 2.59 bits per heavy atom. The molecule has 2 amide bonds. The molecule has 0 bridgehead atoms. The van der Waals surface area contributed by atoms with E-state index in [0.29, 0.717) is 16.5 Å². The maximum absolute atomic E-state index is 12.5. The van der Waals surface area contributed by atoms with Gasteiger partial charge in [-0.25, -0.2) is 4.90 Å². The minimum absolute atomic E-state index is 0.159. The van der Waals surface area contributed by atoms with E-state index in [0.717, 1.165) is 5.56 Å². The molecule has 1 heterocycles. The van der Waals surface area contributed by atoms with Gasteiger partial charge in [-0.15, -0.1) is 11.8 Å². The Morgan fingerprint density at radius 2 is 1.86 bits per heavy atom. The van der Waals surface area contributed by atoms with Gasteiger partial charge in [0.05, 0.1) is 10.9 Å². The standard InChI is InChI=1S/C17H14ClNO2S/c18-13-7-4-8-14(9-13)19-16(20)10-15(17(19)21)22-11-12-5-2-1-3-6-12/h1-9,15H,10-11H2. The molecular formula is C17H14ClNO2S. The van der Waals surface area contributed by atoms with E-state index in [4.69, 9.17) is 11.6 Å². The molecule has 0 aliphatic carbocycles. The zero-order chi connectivity index (χ0) is 15.5. The summed E-state index contributed by atoms with van der Waals surface area (Å²) >= 11 is 7.45. The van der Waals surface area contributed by atoms with Crippen molar-refractivity contribution in [2.45, 2.75) is 17.4 Å². The summed E-state index contributed by atoms with van der Waals surface area (Å²) in [5.41, 5.74) is 1.69. The van der Waals surface area contributed by atoms with Crippen LogP contribution >= 0.6 is 23.4 Å². The fourth-order valence-electron chi connectivity index (χ4n) is 2.39. The lowest BCUT2D eigenvalue weighted by Crippen LogP contribution is -2.31. The van der Waals surface area contributed by atoms with Gasteiger partial charge in [-0.2, -0.15) is 0 Å². The van der Waals surface area contributed by atoms with Gasteiger partial charge in [0.1, 0.15) is 0 Å². The number of carbonyl (C=O) groups is 2. The second-order valence-electron chi connectivity index (χ2n) is 5.04. The number of hydrogen-bond acceptors (Lipinski definition) is 3. The van der Waals surface area contributed by atoms with E-state index in [2.05, 4.69) is 0 Å². The lowest BCUT2D eigenvalue weighted by molar-refractivity contribution is -0.121. The molecule has 2 aromatic carbocycles. The summed E-state index contributed by atoms with van der Waals surface area (Å²) in [4.78, 5) is 25.9. The molecule has 1 aliphatic heterocycles. The molecule has 0 spiro atoms. The Bertz CT molecular complexity index is 705. The molecule has 3 nitrogen and oxygen atoms in total. The molecule has 1 fully saturated rings. The third-order valence-corrected chi connectivity index (χ3v) is 4.97. The van der Waals surface area contributed by atoms with Crippen molar-refractivity contribution in [2.75, 3.05) is 4.90 Å². The Balaban J connectivity index is 1.71. The van der Waals surface area contributed by atoms with Crippen molar-refractivity contribution >= 4 is 40.9 Å². The normalized spacial score (nSPS) is 18.0. The monoisotopic (exact) mass is 331 g/mol. The van der Waals surface area contributed by atoms with Crippen LogP contribution in [0.3, 0.4) is 0 Å². The van der Waals surface area contributed by atoms with Crippen molar-refractivity contribution in [1.29, 1.82) is 0 Å². The molecule has 22 heavy (non-hydrogen) atoms. The smallest absolute Gasteiger partial charge is 0.247 e. The predicted octanol–water partition coefficient (Wildman–Crippen LogP) is 3.91. The first-order valence-corrected chi connectivity index (χ1v) is 8.36. The average molecular weight is 332 g/mol. The summed E-state index contributed by atoms with van der Waals surface area (Å²) in [5, 5.41) is 0.185. The number of carbonyl (C=O) groups excluding carboxylic acids is 2. The van der Waals surface area contributed by atoms with Crippen LogP contribution in [0, 0.1) is 0 Å². The quantitative estimate of drug-likeness (QED) is 0.797. The van der Waals surface area contributed by atoms with Gasteiger partial charge < -0.3 is 0 Å². The topological polar surface area (TPSA) is 37.4 Å². The summed E-state index contributed by atoms with van der Waals surface area (Å²) < 4.78 is 0. The molecular weight excluding hydrogens is 318 g/mol. The molecule has 0 aromatic heterocycles. The Hall–Kier alpha value is -1.78. The van der Waals surface area contributed by atoms with Crippen LogP contribution < -0.4 is 4.90 Å². The lowest BCUT2D eigenvalue weighted by atomic mass is 10.2.